The molecule has 138 valence electrons. The minimum absolute atomic E-state index is 0.0913. The second-order valence-electron chi connectivity index (χ2n) is 5.64. The summed E-state index contributed by atoms with van der Waals surface area (Å²) in [5.74, 6) is -1.07. The lowest BCUT2D eigenvalue weighted by molar-refractivity contribution is -0.125. The fourth-order valence-electron chi connectivity index (χ4n) is 2.55. The molecule has 0 radical (unpaired) electrons. The maximum atomic E-state index is 13.3. The van der Waals surface area contributed by atoms with Gasteiger partial charge in [-0.3, -0.25) is 15.0 Å². The molecule has 0 unspecified atom stereocenters. The summed E-state index contributed by atoms with van der Waals surface area (Å²) < 4.78 is 39.6. The minimum Gasteiger partial charge on any atom is -0.341 e. The third-order valence-electron chi connectivity index (χ3n) is 4.10. The summed E-state index contributed by atoms with van der Waals surface area (Å²) in [6.07, 6.45) is 0. The highest BCUT2D eigenvalue weighted by atomic mass is 32.2. The number of nitrogens with zero attached hydrogens (tertiary/aromatic N) is 2. The van der Waals surface area contributed by atoms with Crippen LogP contribution in [0.3, 0.4) is 0 Å². The number of piperazine rings is 1. The molecule has 0 saturated carbocycles. The van der Waals surface area contributed by atoms with Crippen molar-refractivity contribution in [2.45, 2.75) is 17.9 Å². The van der Waals surface area contributed by atoms with Crippen molar-refractivity contribution in [1.29, 1.82) is 0 Å². The van der Waals surface area contributed by atoms with Gasteiger partial charge in [0, 0.05) is 33.2 Å². The number of hydrogen-bond donors (Lipinski definition) is 2. The van der Waals surface area contributed by atoms with Crippen LogP contribution >= 0.6 is 0 Å². The maximum Gasteiger partial charge on any atom is 0.321 e. The molecule has 0 aromatic heterocycles. The fourth-order valence-corrected chi connectivity index (χ4v) is 4.01. The normalized spacial score (nSPS) is 17.7. The van der Waals surface area contributed by atoms with Crippen molar-refractivity contribution in [3.63, 3.8) is 0 Å². The highest BCUT2D eigenvalue weighted by Gasteiger charge is 2.32. The molecule has 25 heavy (non-hydrogen) atoms. The van der Waals surface area contributed by atoms with Gasteiger partial charge in [0.2, 0.25) is 15.9 Å². The number of amides is 3. The van der Waals surface area contributed by atoms with Crippen LogP contribution in [0.5, 0.6) is 0 Å². The Morgan fingerprint density at radius 2 is 1.84 bits per heavy atom. The molecule has 1 aromatic rings. The van der Waals surface area contributed by atoms with Crippen LogP contribution in [0.25, 0.3) is 0 Å². The molecule has 0 aliphatic carbocycles. The van der Waals surface area contributed by atoms with Crippen LogP contribution in [0.15, 0.2) is 29.2 Å². The van der Waals surface area contributed by atoms with E-state index in [0.29, 0.717) is 13.1 Å². The van der Waals surface area contributed by atoms with E-state index in [9.17, 15) is 22.4 Å². The average molecular weight is 372 g/mol. The molecule has 1 aromatic carbocycles. The summed E-state index contributed by atoms with van der Waals surface area (Å²) >= 11 is 0. The van der Waals surface area contributed by atoms with Crippen molar-refractivity contribution < 1.29 is 22.4 Å². The Morgan fingerprint density at radius 1 is 1.20 bits per heavy atom. The number of imide groups is 1. The first-order chi connectivity index (χ1) is 11.8. The number of urea groups is 1. The Labute approximate surface area is 146 Å². The van der Waals surface area contributed by atoms with Crippen LogP contribution in [0.2, 0.25) is 0 Å². The number of hydrogen-bond acceptors (Lipinski definition) is 5. The lowest BCUT2D eigenvalue weighted by Crippen LogP contribution is -2.56. The summed E-state index contributed by atoms with van der Waals surface area (Å²) in [4.78, 5) is 24.9. The first-order valence-corrected chi connectivity index (χ1v) is 9.22. The molecule has 2 N–H and O–H groups in total. The quantitative estimate of drug-likeness (QED) is 0.774. The number of rotatable bonds is 4. The van der Waals surface area contributed by atoms with Crippen LogP contribution in [0, 0.1) is 5.82 Å². The Kier molecular flexibility index (Phi) is 6.09. The second-order valence-corrected chi connectivity index (χ2v) is 7.58. The zero-order valence-corrected chi connectivity index (χ0v) is 14.8. The van der Waals surface area contributed by atoms with Crippen LogP contribution in [0.1, 0.15) is 6.92 Å². The zero-order chi connectivity index (χ0) is 18.6. The zero-order valence-electron chi connectivity index (χ0n) is 14.0. The van der Waals surface area contributed by atoms with E-state index in [1.807, 2.05) is 0 Å². The second kappa shape index (κ2) is 7.89. The van der Waals surface area contributed by atoms with Crippen LogP contribution in [-0.2, 0) is 14.8 Å². The predicted octanol–water partition coefficient (Wildman–Crippen LogP) is -0.0239. The Hall–Kier alpha value is -2.04. The Bertz CT molecular complexity index is 748. The topological polar surface area (TPSA) is 98.8 Å². The molecule has 8 nitrogen and oxygen atoms in total. The van der Waals surface area contributed by atoms with Crippen LogP contribution in [0.4, 0.5) is 9.18 Å². The van der Waals surface area contributed by atoms with E-state index in [-0.39, 0.29) is 18.0 Å². The third kappa shape index (κ3) is 4.53. The molecule has 2 rings (SSSR count). The van der Waals surface area contributed by atoms with Gasteiger partial charge in [-0.2, -0.15) is 4.31 Å². The van der Waals surface area contributed by atoms with Crippen LogP contribution < -0.4 is 10.6 Å². The molecule has 1 saturated heterocycles. The highest BCUT2D eigenvalue weighted by Crippen LogP contribution is 2.19. The summed E-state index contributed by atoms with van der Waals surface area (Å²) in [7, 11) is -2.37. The molecule has 10 heteroatoms. The molecule has 1 fully saturated rings. The number of carbonyl (C=O) groups excluding carboxylic acids is 2. The number of benzene rings is 1. The van der Waals surface area contributed by atoms with Crippen molar-refractivity contribution in [3.05, 3.63) is 30.1 Å². The molecule has 0 bridgehead atoms. The van der Waals surface area contributed by atoms with E-state index in [4.69, 9.17) is 0 Å². The van der Waals surface area contributed by atoms with Gasteiger partial charge in [0.25, 0.3) is 0 Å². The lowest BCUT2D eigenvalue weighted by atomic mass is 10.2. The average Bonchev–Trinajstić information content (AvgIpc) is 2.61. The molecule has 1 heterocycles. The monoisotopic (exact) mass is 372 g/mol. The molecule has 1 aliphatic heterocycles. The van der Waals surface area contributed by atoms with E-state index < -0.39 is 33.8 Å². The van der Waals surface area contributed by atoms with Gasteiger partial charge in [-0.25, -0.2) is 17.6 Å². The largest absolute Gasteiger partial charge is 0.341 e. The Balaban J connectivity index is 1.99. The molecule has 1 aliphatic rings. The maximum absolute atomic E-state index is 13.3. The highest BCUT2D eigenvalue weighted by molar-refractivity contribution is 7.89. The summed E-state index contributed by atoms with van der Waals surface area (Å²) in [5, 5.41) is 4.49. The van der Waals surface area contributed by atoms with Crippen molar-refractivity contribution >= 4 is 22.0 Å². The molecular formula is C15H21FN4O4S. The number of carbonyl (C=O) groups is 2. The first-order valence-electron chi connectivity index (χ1n) is 7.78. The van der Waals surface area contributed by atoms with Gasteiger partial charge in [-0.1, -0.05) is 6.07 Å². The van der Waals surface area contributed by atoms with E-state index >= 15 is 0 Å². The third-order valence-corrected chi connectivity index (χ3v) is 5.99. The van der Waals surface area contributed by atoms with E-state index in [0.717, 1.165) is 6.07 Å². The van der Waals surface area contributed by atoms with Crippen molar-refractivity contribution in [2.24, 2.45) is 0 Å². The van der Waals surface area contributed by atoms with Gasteiger partial charge < -0.3 is 5.32 Å². The molecular weight excluding hydrogens is 351 g/mol. The smallest absolute Gasteiger partial charge is 0.321 e. The van der Waals surface area contributed by atoms with Gasteiger partial charge >= 0.3 is 6.03 Å². The Morgan fingerprint density at radius 3 is 2.40 bits per heavy atom. The summed E-state index contributed by atoms with van der Waals surface area (Å²) in [5.41, 5.74) is 0. The molecule has 3 amide bonds. The van der Waals surface area contributed by atoms with E-state index in [2.05, 4.69) is 10.6 Å². The van der Waals surface area contributed by atoms with Gasteiger partial charge in [-0.05, 0) is 25.1 Å². The van der Waals surface area contributed by atoms with Crippen molar-refractivity contribution in [1.82, 2.24) is 19.8 Å². The van der Waals surface area contributed by atoms with Gasteiger partial charge in [0.05, 0.1) is 10.9 Å². The number of nitrogens with one attached hydrogen (secondary N) is 2. The number of halogens is 1. The first kappa shape index (κ1) is 19.3. The fraction of sp³-hybridized carbons (Fsp3) is 0.467. The van der Waals surface area contributed by atoms with Gasteiger partial charge in [0.1, 0.15) is 5.82 Å². The predicted molar refractivity (Wildman–Crippen MR) is 88.8 cm³/mol. The van der Waals surface area contributed by atoms with Gasteiger partial charge in [0.15, 0.2) is 0 Å². The number of sulfonamides is 1. The summed E-state index contributed by atoms with van der Waals surface area (Å²) in [6.45, 7) is 2.66. The standard InChI is InChI=1S/C15H21FN4O4S/c1-11(14(21)18-15(22)17-2)19-6-8-20(9-7-19)25(23,24)13-5-3-4-12(16)10-13/h3-5,10-11H,6-9H2,1-2H3,(H2,17,18,21,22)/t11-/m0/s1. The van der Waals surface area contributed by atoms with E-state index in [1.165, 1.54) is 29.6 Å². The molecule has 1 atom stereocenters. The van der Waals surface area contributed by atoms with E-state index in [1.54, 1.807) is 11.8 Å². The van der Waals surface area contributed by atoms with Crippen molar-refractivity contribution in [2.75, 3.05) is 33.2 Å². The lowest BCUT2D eigenvalue weighted by Gasteiger charge is -2.36. The summed E-state index contributed by atoms with van der Waals surface area (Å²) in [6, 6.07) is 3.71. The minimum atomic E-state index is -3.77. The molecule has 0 spiro atoms. The van der Waals surface area contributed by atoms with Gasteiger partial charge in [-0.15, -0.1) is 0 Å². The van der Waals surface area contributed by atoms with Crippen molar-refractivity contribution in [3.8, 4) is 0 Å². The van der Waals surface area contributed by atoms with Crippen LogP contribution in [-0.4, -0.2) is 68.8 Å². The SMILES string of the molecule is CNC(=O)NC(=O)[C@H](C)N1CCN(S(=O)(=O)c2cccc(F)c2)CC1.